The molecule has 69 heavy (non-hydrogen) atoms. The maximum absolute atomic E-state index is 9.21. The first-order valence-electron chi connectivity index (χ1n) is 22.5. The highest BCUT2D eigenvalue weighted by Gasteiger charge is 2.10. The Morgan fingerprint density at radius 3 is 1.20 bits per heavy atom. The number of ether oxygens (including phenoxy) is 1. The van der Waals surface area contributed by atoms with Gasteiger partial charge < -0.3 is 39.1 Å². The average Bonchev–Trinajstić information content (AvgIpc) is 3.35. The van der Waals surface area contributed by atoms with Crippen LogP contribution in [-0.4, -0.2) is 17.3 Å². The number of halogens is 2. The molecular weight excluding hydrogens is 896 g/mol. The number of hydrogen-bond acceptors (Lipinski definition) is 7. The third-order valence-corrected chi connectivity index (χ3v) is 12.2. The van der Waals surface area contributed by atoms with Crippen molar-refractivity contribution in [3.05, 3.63) is 267 Å². The highest BCUT2D eigenvalue weighted by Crippen LogP contribution is 2.29. The molecule has 0 heterocycles. The van der Waals surface area contributed by atoms with Gasteiger partial charge in [0.15, 0.2) is 0 Å². The van der Waals surface area contributed by atoms with Gasteiger partial charge in [0.05, 0.1) is 17.2 Å². The number of hydrogen-bond donors (Lipinski definition) is 6. The van der Waals surface area contributed by atoms with Crippen LogP contribution in [0.4, 0.5) is 0 Å². The SMILES string of the molecule is CC(Cc1ccc(O)cc1)c1ccccc1.CC(Cc1ccccc1)c1ccc(Cl)c(Cl)c1.COc1cccc(C(C)Cc2ccccc2)c1.N.N.N.NC(Cc1ccccc1)c1ccc(O)cc1. The second-order valence-corrected chi connectivity index (χ2v) is 17.5. The van der Waals surface area contributed by atoms with E-state index in [1.165, 1.54) is 38.9 Å². The molecule has 7 nitrogen and oxygen atoms in total. The summed E-state index contributed by atoms with van der Waals surface area (Å²) in [5.41, 5.74) is 16.2. The Kier molecular flexibility index (Phi) is 26.9. The largest absolute Gasteiger partial charge is 0.508 e. The number of benzene rings is 8. The molecule has 8 aromatic rings. The average molecular weight is 968 g/mol. The summed E-state index contributed by atoms with van der Waals surface area (Å²) in [6, 6.07) is 70.4. The first kappa shape index (κ1) is 58.7. The molecule has 0 spiro atoms. The first-order valence-corrected chi connectivity index (χ1v) is 23.3. The first-order chi connectivity index (χ1) is 32.0. The quantitative estimate of drug-likeness (QED) is 0.0665. The molecule has 8 rings (SSSR count). The molecule has 13 N–H and O–H groups in total. The van der Waals surface area contributed by atoms with E-state index in [1.807, 2.05) is 78.9 Å². The third-order valence-electron chi connectivity index (χ3n) is 11.4. The Hall–Kier alpha value is -6.42. The topological polar surface area (TPSA) is 181 Å². The Morgan fingerprint density at radius 1 is 0.391 bits per heavy atom. The minimum Gasteiger partial charge on any atom is -0.508 e. The van der Waals surface area contributed by atoms with Crippen molar-refractivity contribution in [1.82, 2.24) is 18.5 Å². The van der Waals surface area contributed by atoms with E-state index in [-0.39, 0.29) is 30.2 Å². The number of nitrogens with two attached hydrogens (primary N) is 1. The molecule has 9 heteroatoms. The second-order valence-electron chi connectivity index (χ2n) is 16.7. The zero-order valence-corrected chi connectivity index (χ0v) is 42.1. The van der Waals surface area contributed by atoms with Gasteiger partial charge in [0.1, 0.15) is 17.2 Å². The maximum atomic E-state index is 9.21. The van der Waals surface area contributed by atoms with Crippen molar-refractivity contribution in [3.8, 4) is 17.2 Å². The molecule has 4 unspecified atom stereocenters. The Morgan fingerprint density at radius 2 is 0.754 bits per heavy atom. The number of phenolic OH excluding ortho intramolecular Hbond substituents is 2. The highest BCUT2D eigenvalue weighted by molar-refractivity contribution is 6.42. The minimum absolute atomic E-state index is 0. The molecule has 0 radical (unpaired) electrons. The van der Waals surface area contributed by atoms with Gasteiger partial charge in [-0.1, -0.05) is 208 Å². The van der Waals surface area contributed by atoms with Crippen LogP contribution in [0.5, 0.6) is 17.2 Å². The van der Waals surface area contributed by atoms with Crippen LogP contribution in [0, 0.1) is 0 Å². The summed E-state index contributed by atoms with van der Waals surface area (Å²) in [5, 5.41) is 19.6. The molecule has 0 aliphatic carbocycles. The molecule has 0 saturated carbocycles. The Balaban J connectivity index is 0.000000311. The van der Waals surface area contributed by atoms with Gasteiger partial charge in [0.2, 0.25) is 0 Å². The van der Waals surface area contributed by atoms with Gasteiger partial charge in [-0.05, 0) is 136 Å². The van der Waals surface area contributed by atoms with Crippen molar-refractivity contribution in [2.24, 2.45) is 5.73 Å². The molecule has 0 aliphatic heterocycles. The van der Waals surface area contributed by atoms with Gasteiger partial charge in [-0.3, -0.25) is 0 Å². The normalized spacial score (nSPS) is 11.8. The molecule has 0 fully saturated rings. The van der Waals surface area contributed by atoms with Gasteiger partial charge in [0, 0.05) is 6.04 Å². The van der Waals surface area contributed by atoms with Gasteiger partial charge in [-0.15, -0.1) is 0 Å². The van der Waals surface area contributed by atoms with E-state index in [1.54, 1.807) is 31.4 Å². The van der Waals surface area contributed by atoms with Crippen molar-refractivity contribution in [3.63, 3.8) is 0 Å². The minimum atomic E-state index is -0.0250. The summed E-state index contributed by atoms with van der Waals surface area (Å²) in [4.78, 5) is 0. The van der Waals surface area contributed by atoms with Crippen LogP contribution in [0.2, 0.25) is 10.0 Å². The molecule has 0 bridgehead atoms. The van der Waals surface area contributed by atoms with E-state index in [2.05, 4.69) is 130 Å². The van der Waals surface area contributed by atoms with Crippen molar-refractivity contribution in [1.29, 1.82) is 0 Å². The smallest absolute Gasteiger partial charge is 0.119 e. The molecular formula is C60H72Cl2N4O3. The lowest BCUT2D eigenvalue weighted by Gasteiger charge is -2.13. The fourth-order valence-electron chi connectivity index (χ4n) is 7.53. The Bertz CT molecular complexity index is 2570. The van der Waals surface area contributed by atoms with Gasteiger partial charge >= 0.3 is 0 Å². The summed E-state index contributed by atoms with van der Waals surface area (Å²) in [6.45, 7) is 6.68. The monoisotopic (exact) mass is 966 g/mol. The number of methoxy groups -OCH3 is 1. The summed E-state index contributed by atoms with van der Waals surface area (Å²) >= 11 is 11.9. The zero-order chi connectivity index (χ0) is 47.1. The predicted octanol–water partition coefficient (Wildman–Crippen LogP) is 16.2. The molecule has 0 saturated heterocycles. The van der Waals surface area contributed by atoms with Crippen LogP contribution in [0.3, 0.4) is 0 Å². The van der Waals surface area contributed by atoms with Crippen LogP contribution in [0.1, 0.15) is 89.1 Å². The van der Waals surface area contributed by atoms with Crippen LogP contribution in [0.15, 0.2) is 212 Å². The van der Waals surface area contributed by atoms with Crippen molar-refractivity contribution < 1.29 is 14.9 Å². The summed E-state index contributed by atoms with van der Waals surface area (Å²) in [6.07, 6.45) is 3.89. The van der Waals surface area contributed by atoms with E-state index in [0.717, 1.165) is 37.0 Å². The van der Waals surface area contributed by atoms with Crippen molar-refractivity contribution >= 4 is 23.2 Å². The predicted molar refractivity (Wildman–Crippen MR) is 293 cm³/mol. The Labute approximate surface area is 421 Å². The number of phenols is 2. The van der Waals surface area contributed by atoms with E-state index in [4.69, 9.17) is 33.7 Å². The summed E-state index contributed by atoms with van der Waals surface area (Å²) in [5.74, 6) is 2.99. The zero-order valence-electron chi connectivity index (χ0n) is 40.6. The number of rotatable bonds is 13. The fourth-order valence-corrected chi connectivity index (χ4v) is 7.84. The molecule has 0 aromatic heterocycles. The summed E-state index contributed by atoms with van der Waals surface area (Å²) < 4.78 is 5.26. The number of aromatic hydroxyl groups is 2. The van der Waals surface area contributed by atoms with E-state index < -0.39 is 0 Å². The van der Waals surface area contributed by atoms with Crippen LogP contribution in [-0.2, 0) is 25.7 Å². The lowest BCUT2D eigenvalue weighted by molar-refractivity contribution is 0.414. The van der Waals surface area contributed by atoms with Crippen molar-refractivity contribution in [2.75, 3.05) is 7.11 Å². The molecule has 0 amide bonds. The lowest BCUT2D eigenvalue weighted by atomic mass is 9.94. The molecule has 364 valence electrons. The van der Waals surface area contributed by atoms with E-state index >= 15 is 0 Å². The van der Waals surface area contributed by atoms with Crippen LogP contribution >= 0.6 is 23.2 Å². The fraction of sp³-hybridized carbons (Fsp3) is 0.200. The highest BCUT2D eigenvalue weighted by atomic mass is 35.5. The van der Waals surface area contributed by atoms with E-state index in [9.17, 15) is 10.2 Å². The molecule has 0 aliphatic rings. The van der Waals surface area contributed by atoms with Gasteiger partial charge in [-0.25, -0.2) is 0 Å². The lowest BCUT2D eigenvalue weighted by Crippen LogP contribution is -2.12. The summed E-state index contributed by atoms with van der Waals surface area (Å²) in [7, 11) is 1.71. The van der Waals surface area contributed by atoms with Crippen LogP contribution in [0.25, 0.3) is 0 Å². The van der Waals surface area contributed by atoms with E-state index in [0.29, 0.717) is 33.5 Å². The third kappa shape index (κ3) is 20.8. The van der Waals surface area contributed by atoms with Crippen LogP contribution < -0.4 is 28.9 Å². The van der Waals surface area contributed by atoms with Crippen molar-refractivity contribution in [2.45, 2.75) is 70.3 Å². The standard InChI is InChI=1S/C16H18O.C15H14Cl2.C15H16O.C14H15NO.3H3N/c1-13(11-14-7-4-3-5-8-14)15-9-6-10-16(12-15)17-2;1-11(9-12-5-3-2-4-6-12)13-7-8-14(16)15(17)10-13;1-12(14-5-3-2-4-6-14)11-13-7-9-15(16)10-8-13;15-14(10-11-4-2-1-3-5-11)12-6-8-13(16)9-7-12;;;/h3-10,12-13H,11H2,1-2H3;2-8,10-11H,9H2,1H3;2-10,12,16H,11H2,1H3;1-9,14,16H,10,15H2;3*1H3. The molecule has 4 atom stereocenters. The second kappa shape index (κ2) is 31.6. The van der Waals surface area contributed by atoms with Gasteiger partial charge in [-0.2, -0.15) is 0 Å². The molecule has 8 aromatic carbocycles. The maximum Gasteiger partial charge on any atom is 0.119 e. The van der Waals surface area contributed by atoms with Gasteiger partial charge in [0.25, 0.3) is 0 Å².